The molecule has 1 saturated heterocycles. The van der Waals surface area contributed by atoms with Crippen LogP contribution in [0, 0.1) is 0 Å². The zero-order chi connectivity index (χ0) is 8.69. The molecular formula is C8H15NO2. The van der Waals surface area contributed by atoms with Crippen molar-refractivity contribution in [1.82, 2.24) is 5.32 Å². The number of imide groups is 1. The van der Waals surface area contributed by atoms with Gasteiger partial charge in [-0.05, 0) is 0 Å². The Kier molecular flexibility index (Phi) is 5.43. The predicted octanol–water partition coefficient (Wildman–Crippen LogP) is 1.23. The van der Waals surface area contributed by atoms with Crippen molar-refractivity contribution < 1.29 is 9.59 Å². The quantitative estimate of drug-likeness (QED) is 0.582. The van der Waals surface area contributed by atoms with Crippen LogP contribution in [-0.4, -0.2) is 11.8 Å². The average molecular weight is 157 g/mol. The van der Waals surface area contributed by atoms with Gasteiger partial charge in [0.2, 0.25) is 11.8 Å². The van der Waals surface area contributed by atoms with Gasteiger partial charge >= 0.3 is 0 Å². The Morgan fingerprint density at radius 2 is 1.45 bits per heavy atom. The van der Waals surface area contributed by atoms with Gasteiger partial charge in [-0.3, -0.25) is 14.9 Å². The summed E-state index contributed by atoms with van der Waals surface area (Å²) in [6.07, 6.45) is 3.39. The van der Waals surface area contributed by atoms with E-state index in [2.05, 4.69) is 19.2 Å². The number of hydrogen-bond acceptors (Lipinski definition) is 2. The highest BCUT2D eigenvalue weighted by Gasteiger charge is 2.15. The zero-order valence-corrected chi connectivity index (χ0v) is 7.14. The fraction of sp³-hybridized carbons (Fsp3) is 0.750. The van der Waals surface area contributed by atoms with Crippen LogP contribution in [0.15, 0.2) is 0 Å². The summed E-state index contributed by atoms with van der Waals surface area (Å²) < 4.78 is 0. The van der Waals surface area contributed by atoms with Crippen LogP contribution in [0.2, 0.25) is 0 Å². The van der Waals surface area contributed by atoms with E-state index in [1.165, 1.54) is 12.8 Å². The number of carbonyl (C=O) groups excluding carboxylic acids is 2. The van der Waals surface area contributed by atoms with Gasteiger partial charge in [-0.25, -0.2) is 0 Å². The predicted molar refractivity (Wildman–Crippen MR) is 43.0 cm³/mol. The molecule has 0 spiro atoms. The van der Waals surface area contributed by atoms with Gasteiger partial charge in [-0.15, -0.1) is 0 Å². The second-order valence-corrected chi connectivity index (χ2v) is 2.47. The molecule has 0 bridgehead atoms. The molecule has 0 atom stereocenters. The molecule has 64 valence electrons. The van der Waals surface area contributed by atoms with Gasteiger partial charge in [0.05, 0.1) is 0 Å². The van der Waals surface area contributed by atoms with Crippen molar-refractivity contribution in [3.05, 3.63) is 0 Å². The largest absolute Gasteiger partial charge is 0.296 e. The minimum Gasteiger partial charge on any atom is -0.296 e. The Balaban J connectivity index is 0.000000218. The van der Waals surface area contributed by atoms with Gasteiger partial charge in [0.1, 0.15) is 0 Å². The molecule has 1 heterocycles. The molecule has 0 aromatic rings. The van der Waals surface area contributed by atoms with E-state index < -0.39 is 0 Å². The number of hydrogen-bond donors (Lipinski definition) is 1. The third-order valence-electron chi connectivity index (χ3n) is 1.36. The van der Waals surface area contributed by atoms with E-state index in [0.717, 1.165) is 0 Å². The molecule has 0 unspecified atom stereocenters. The molecule has 1 aliphatic heterocycles. The molecule has 2 amide bonds. The monoisotopic (exact) mass is 157 g/mol. The second-order valence-electron chi connectivity index (χ2n) is 2.47. The van der Waals surface area contributed by atoms with Gasteiger partial charge in [0.25, 0.3) is 0 Å². The van der Waals surface area contributed by atoms with Crippen LogP contribution in [0.25, 0.3) is 0 Å². The average Bonchev–Trinajstić information content (AvgIpc) is 2.35. The van der Waals surface area contributed by atoms with Crippen LogP contribution in [0.4, 0.5) is 0 Å². The number of nitrogens with one attached hydrogen (secondary N) is 1. The van der Waals surface area contributed by atoms with E-state index in [0.29, 0.717) is 12.8 Å². The van der Waals surface area contributed by atoms with Gasteiger partial charge in [0.15, 0.2) is 0 Å². The zero-order valence-electron chi connectivity index (χ0n) is 7.14. The molecule has 11 heavy (non-hydrogen) atoms. The Labute approximate surface area is 67.2 Å². The number of carbonyl (C=O) groups is 2. The van der Waals surface area contributed by atoms with Crippen molar-refractivity contribution in [1.29, 1.82) is 0 Å². The summed E-state index contributed by atoms with van der Waals surface area (Å²) in [6.45, 7) is 4.36. The Morgan fingerprint density at radius 3 is 1.55 bits per heavy atom. The van der Waals surface area contributed by atoms with Crippen LogP contribution in [0.3, 0.4) is 0 Å². The molecule has 0 aromatic carbocycles. The lowest BCUT2D eigenvalue weighted by atomic mass is 10.4. The van der Waals surface area contributed by atoms with Crippen molar-refractivity contribution in [3.8, 4) is 0 Å². The fourth-order valence-corrected chi connectivity index (χ4v) is 0.508. The van der Waals surface area contributed by atoms with Gasteiger partial charge < -0.3 is 0 Å². The minimum absolute atomic E-state index is 0.148. The van der Waals surface area contributed by atoms with Gasteiger partial charge in [-0.1, -0.05) is 26.7 Å². The van der Waals surface area contributed by atoms with Crippen molar-refractivity contribution in [2.24, 2.45) is 0 Å². The summed E-state index contributed by atoms with van der Waals surface area (Å²) in [4.78, 5) is 20.2. The van der Waals surface area contributed by atoms with Crippen LogP contribution in [-0.2, 0) is 9.59 Å². The fourth-order valence-electron chi connectivity index (χ4n) is 0.508. The maximum atomic E-state index is 10.1. The van der Waals surface area contributed by atoms with E-state index in [1.54, 1.807) is 0 Å². The summed E-state index contributed by atoms with van der Waals surface area (Å²) in [5, 5.41) is 2.14. The molecule has 1 rings (SSSR count). The minimum atomic E-state index is -0.148. The molecule has 3 nitrogen and oxygen atoms in total. The van der Waals surface area contributed by atoms with Crippen molar-refractivity contribution in [3.63, 3.8) is 0 Å². The highest BCUT2D eigenvalue weighted by Crippen LogP contribution is 1.95. The van der Waals surface area contributed by atoms with E-state index in [9.17, 15) is 9.59 Å². The Hall–Kier alpha value is -0.860. The third-order valence-corrected chi connectivity index (χ3v) is 1.36. The maximum Gasteiger partial charge on any atom is 0.227 e. The van der Waals surface area contributed by atoms with Crippen LogP contribution >= 0.6 is 0 Å². The smallest absolute Gasteiger partial charge is 0.227 e. The number of unbranched alkanes of at least 4 members (excludes halogenated alkanes) is 1. The first kappa shape index (κ1) is 10.1. The maximum absolute atomic E-state index is 10.1. The summed E-state index contributed by atoms with van der Waals surface area (Å²) in [5.74, 6) is -0.296. The summed E-state index contributed by atoms with van der Waals surface area (Å²) in [5.41, 5.74) is 0. The lowest BCUT2D eigenvalue weighted by Gasteiger charge is -1.79. The molecule has 3 heteroatoms. The lowest BCUT2D eigenvalue weighted by molar-refractivity contribution is -0.124. The van der Waals surface area contributed by atoms with Gasteiger partial charge in [-0.2, -0.15) is 0 Å². The summed E-state index contributed by atoms with van der Waals surface area (Å²) >= 11 is 0. The Morgan fingerprint density at radius 1 is 1.09 bits per heavy atom. The standard InChI is InChI=1S/C4H5NO2.C4H10/c6-3-1-2-4(7)5-3;1-3-4-2/h1-2H2,(H,5,6,7);3-4H2,1-2H3. The van der Waals surface area contributed by atoms with Crippen LogP contribution in [0.1, 0.15) is 39.5 Å². The summed E-state index contributed by atoms with van der Waals surface area (Å²) in [7, 11) is 0. The lowest BCUT2D eigenvalue weighted by Crippen LogP contribution is -2.18. The number of amides is 2. The van der Waals surface area contributed by atoms with Crippen LogP contribution in [0.5, 0.6) is 0 Å². The molecule has 0 saturated carbocycles. The first-order chi connectivity index (χ1) is 5.20. The van der Waals surface area contributed by atoms with Crippen molar-refractivity contribution in [2.45, 2.75) is 39.5 Å². The first-order valence-electron chi connectivity index (χ1n) is 4.03. The summed E-state index contributed by atoms with van der Waals surface area (Å²) in [6, 6.07) is 0. The molecule has 0 aliphatic carbocycles. The van der Waals surface area contributed by atoms with E-state index in [4.69, 9.17) is 0 Å². The third kappa shape index (κ3) is 5.58. The molecule has 1 fully saturated rings. The van der Waals surface area contributed by atoms with E-state index in [-0.39, 0.29) is 11.8 Å². The SMILES string of the molecule is CCCC.O=C1CCC(=O)N1. The van der Waals surface area contributed by atoms with Crippen LogP contribution < -0.4 is 5.32 Å². The van der Waals surface area contributed by atoms with Crippen molar-refractivity contribution in [2.75, 3.05) is 0 Å². The normalized spacial score (nSPS) is 15.5. The molecule has 0 aromatic heterocycles. The van der Waals surface area contributed by atoms with E-state index in [1.807, 2.05) is 0 Å². The topological polar surface area (TPSA) is 46.2 Å². The highest BCUT2D eigenvalue weighted by molar-refractivity contribution is 6.01. The number of rotatable bonds is 1. The highest BCUT2D eigenvalue weighted by atomic mass is 16.2. The molecule has 0 radical (unpaired) electrons. The Bertz CT molecular complexity index is 127. The molecule has 1 N–H and O–H groups in total. The first-order valence-corrected chi connectivity index (χ1v) is 4.03. The van der Waals surface area contributed by atoms with Crippen molar-refractivity contribution >= 4 is 11.8 Å². The van der Waals surface area contributed by atoms with E-state index >= 15 is 0 Å². The van der Waals surface area contributed by atoms with Gasteiger partial charge in [0, 0.05) is 12.8 Å². The second kappa shape index (κ2) is 5.89. The molecular weight excluding hydrogens is 142 g/mol. The molecule has 1 aliphatic rings.